The second-order valence-electron chi connectivity index (χ2n) is 3.81. The Morgan fingerprint density at radius 2 is 2.00 bits per heavy atom. The van der Waals surface area contributed by atoms with Crippen LogP contribution in [0.15, 0.2) is 29.1 Å². The molecule has 0 saturated heterocycles. The summed E-state index contributed by atoms with van der Waals surface area (Å²) >= 11 is 11.8. The number of nitrogens with zero attached hydrogens (tertiary/aromatic N) is 1. The highest BCUT2D eigenvalue weighted by molar-refractivity contribution is 6.42. The van der Waals surface area contributed by atoms with Gasteiger partial charge in [0, 0.05) is 19.0 Å². The Kier molecular flexibility index (Phi) is 4.01. The van der Waals surface area contributed by atoms with Crippen molar-refractivity contribution < 1.29 is 0 Å². The molecule has 2 aromatic rings. The summed E-state index contributed by atoms with van der Waals surface area (Å²) in [6.07, 6.45) is 0.472. The average molecular weight is 284 g/mol. The first kappa shape index (κ1) is 13.1. The van der Waals surface area contributed by atoms with Gasteiger partial charge in [-0.05, 0) is 17.7 Å². The zero-order chi connectivity index (χ0) is 13.1. The van der Waals surface area contributed by atoms with Crippen LogP contribution < -0.4 is 11.3 Å². The minimum Gasteiger partial charge on any atom is -0.325 e. The Balaban J connectivity index is 2.30. The number of hydrogen-bond donors (Lipinski definition) is 2. The lowest BCUT2D eigenvalue weighted by Crippen LogP contribution is -2.15. The fourth-order valence-electron chi connectivity index (χ4n) is 1.59. The monoisotopic (exact) mass is 283 g/mol. The van der Waals surface area contributed by atoms with Gasteiger partial charge in [0.2, 0.25) is 0 Å². The average Bonchev–Trinajstić information content (AvgIpc) is 2.33. The van der Waals surface area contributed by atoms with Gasteiger partial charge in [-0.2, -0.15) is 0 Å². The Morgan fingerprint density at radius 1 is 1.22 bits per heavy atom. The molecular weight excluding hydrogens is 273 g/mol. The van der Waals surface area contributed by atoms with Crippen LogP contribution in [-0.4, -0.2) is 9.97 Å². The van der Waals surface area contributed by atoms with Gasteiger partial charge in [-0.1, -0.05) is 29.3 Å². The molecule has 0 saturated carbocycles. The number of rotatable bonds is 3. The summed E-state index contributed by atoms with van der Waals surface area (Å²) in [5.41, 5.74) is 6.75. The highest BCUT2D eigenvalue weighted by Crippen LogP contribution is 2.23. The number of hydrogen-bond acceptors (Lipinski definition) is 3. The molecule has 3 N–H and O–H groups in total. The van der Waals surface area contributed by atoms with E-state index in [4.69, 9.17) is 28.9 Å². The Morgan fingerprint density at radius 3 is 2.67 bits per heavy atom. The van der Waals surface area contributed by atoms with E-state index in [1.165, 1.54) is 6.07 Å². The van der Waals surface area contributed by atoms with Gasteiger partial charge in [-0.25, -0.2) is 4.98 Å². The molecule has 4 nitrogen and oxygen atoms in total. The number of aromatic nitrogens is 2. The van der Waals surface area contributed by atoms with Crippen LogP contribution in [0.3, 0.4) is 0 Å². The normalized spacial score (nSPS) is 10.6. The Bertz CT molecular complexity index is 625. The number of aromatic amines is 1. The molecule has 1 heterocycles. The van der Waals surface area contributed by atoms with Crippen molar-refractivity contribution in [3.8, 4) is 0 Å². The molecule has 0 aliphatic heterocycles. The summed E-state index contributed by atoms with van der Waals surface area (Å²) < 4.78 is 0. The smallest absolute Gasteiger partial charge is 0.251 e. The van der Waals surface area contributed by atoms with Gasteiger partial charge in [0.15, 0.2) is 0 Å². The topological polar surface area (TPSA) is 71.8 Å². The van der Waals surface area contributed by atoms with Crippen LogP contribution in [0.2, 0.25) is 10.0 Å². The van der Waals surface area contributed by atoms with Crippen molar-refractivity contribution in [1.82, 2.24) is 9.97 Å². The molecule has 0 bridgehead atoms. The van der Waals surface area contributed by atoms with Crippen molar-refractivity contribution in [2.75, 3.05) is 0 Å². The lowest BCUT2D eigenvalue weighted by atomic mass is 10.1. The minimum absolute atomic E-state index is 0.208. The van der Waals surface area contributed by atoms with Crippen LogP contribution in [0.4, 0.5) is 0 Å². The van der Waals surface area contributed by atoms with Crippen molar-refractivity contribution in [1.29, 1.82) is 0 Å². The summed E-state index contributed by atoms with van der Waals surface area (Å²) in [4.78, 5) is 18.3. The first-order valence-electron chi connectivity index (χ1n) is 5.31. The maximum Gasteiger partial charge on any atom is 0.251 e. The molecule has 0 radical (unpaired) electrons. The fraction of sp³-hybridized carbons (Fsp3) is 0.167. The maximum atomic E-state index is 11.4. The Hall–Kier alpha value is -1.36. The van der Waals surface area contributed by atoms with Crippen molar-refractivity contribution in [2.24, 2.45) is 5.73 Å². The molecular formula is C12H11Cl2N3O. The van der Waals surface area contributed by atoms with Crippen molar-refractivity contribution >= 4 is 23.2 Å². The van der Waals surface area contributed by atoms with Crippen LogP contribution in [0.5, 0.6) is 0 Å². The van der Waals surface area contributed by atoms with E-state index in [1.807, 2.05) is 6.07 Å². The van der Waals surface area contributed by atoms with Gasteiger partial charge in [0.05, 0.1) is 15.7 Å². The van der Waals surface area contributed by atoms with Gasteiger partial charge in [0.25, 0.3) is 5.56 Å². The number of nitrogens with one attached hydrogen (secondary N) is 1. The van der Waals surface area contributed by atoms with Crippen molar-refractivity contribution in [3.63, 3.8) is 0 Å². The van der Waals surface area contributed by atoms with E-state index in [1.54, 1.807) is 12.1 Å². The van der Waals surface area contributed by atoms with E-state index in [0.717, 1.165) is 5.56 Å². The van der Waals surface area contributed by atoms with Gasteiger partial charge >= 0.3 is 0 Å². The van der Waals surface area contributed by atoms with E-state index in [0.29, 0.717) is 28.0 Å². The van der Waals surface area contributed by atoms with Gasteiger partial charge in [0.1, 0.15) is 5.82 Å². The lowest BCUT2D eigenvalue weighted by molar-refractivity contribution is 0.875. The second kappa shape index (κ2) is 5.52. The van der Waals surface area contributed by atoms with Crippen LogP contribution in [0, 0.1) is 0 Å². The standard InChI is InChI=1S/C12H11Cl2N3O/c13-9-2-1-7(3-10(9)14)4-11-16-8(6-15)5-12(18)17-11/h1-3,5H,4,6,15H2,(H,16,17,18). The van der Waals surface area contributed by atoms with E-state index in [-0.39, 0.29) is 12.1 Å². The first-order chi connectivity index (χ1) is 8.58. The second-order valence-corrected chi connectivity index (χ2v) is 4.63. The molecule has 0 spiro atoms. The lowest BCUT2D eigenvalue weighted by Gasteiger charge is -2.04. The maximum absolute atomic E-state index is 11.4. The van der Waals surface area contributed by atoms with E-state index >= 15 is 0 Å². The first-order valence-corrected chi connectivity index (χ1v) is 6.07. The predicted molar refractivity (Wildman–Crippen MR) is 72.0 cm³/mol. The van der Waals surface area contributed by atoms with Crippen molar-refractivity contribution in [2.45, 2.75) is 13.0 Å². The van der Waals surface area contributed by atoms with Gasteiger partial charge in [-0.3, -0.25) is 4.79 Å². The zero-order valence-corrected chi connectivity index (χ0v) is 10.9. The zero-order valence-electron chi connectivity index (χ0n) is 9.41. The minimum atomic E-state index is -0.208. The largest absolute Gasteiger partial charge is 0.325 e. The molecule has 0 unspecified atom stereocenters. The SMILES string of the molecule is NCc1cc(=O)[nH]c(Cc2ccc(Cl)c(Cl)c2)n1. The summed E-state index contributed by atoms with van der Waals surface area (Å²) in [5.74, 6) is 0.557. The molecule has 1 aromatic carbocycles. The molecule has 0 aliphatic rings. The number of nitrogens with two attached hydrogens (primary N) is 1. The molecule has 0 aliphatic carbocycles. The number of benzene rings is 1. The van der Waals surface area contributed by atoms with E-state index in [9.17, 15) is 4.79 Å². The Labute approximate surface area is 114 Å². The molecule has 0 amide bonds. The molecule has 2 rings (SSSR count). The molecule has 18 heavy (non-hydrogen) atoms. The summed E-state index contributed by atoms with van der Waals surface area (Å²) in [6, 6.07) is 6.69. The van der Waals surface area contributed by atoms with Gasteiger partial charge in [-0.15, -0.1) is 0 Å². The van der Waals surface area contributed by atoms with Crippen LogP contribution in [0.25, 0.3) is 0 Å². The highest BCUT2D eigenvalue weighted by Gasteiger charge is 2.04. The van der Waals surface area contributed by atoms with E-state index in [2.05, 4.69) is 9.97 Å². The summed E-state index contributed by atoms with van der Waals surface area (Å²) in [5, 5.41) is 0.976. The molecule has 0 atom stereocenters. The number of halogens is 2. The van der Waals surface area contributed by atoms with Gasteiger partial charge < -0.3 is 10.7 Å². The molecule has 94 valence electrons. The molecule has 6 heteroatoms. The quantitative estimate of drug-likeness (QED) is 0.906. The van der Waals surface area contributed by atoms with Crippen molar-refractivity contribution in [3.05, 3.63) is 61.7 Å². The van der Waals surface area contributed by atoms with Crippen LogP contribution >= 0.6 is 23.2 Å². The fourth-order valence-corrected chi connectivity index (χ4v) is 1.92. The van der Waals surface area contributed by atoms with Crippen LogP contribution in [-0.2, 0) is 13.0 Å². The third-order valence-electron chi connectivity index (χ3n) is 2.41. The molecule has 1 aromatic heterocycles. The highest BCUT2D eigenvalue weighted by atomic mass is 35.5. The number of H-pyrrole nitrogens is 1. The third kappa shape index (κ3) is 3.10. The third-order valence-corrected chi connectivity index (χ3v) is 3.15. The predicted octanol–water partition coefficient (Wildman–Crippen LogP) is 2.13. The van der Waals surface area contributed by atoms with E-state index < -0.39 is 0 Å². The van der Waals surface area contributed by atoms with Crippen LogP contribution in [0.1, 0.15) is 17.1 Å². The summed E-state index contributed by atoms with van der Waals surface area (Å²) in [7, 11) is 0. The molecule has 0 fully saturated rings. The summed E-state index contributed by atoms with van der Waals surface area (Å²) in [6.45, 7) is 0.234.